The SMILES string of the molecule is CC1CC(NC2CCOc3ccc(Br)cc32)CCN1C. The largest absolute Gasteiger partial charge is 0.493 e. The van der Waals surface area contributed by atoms with Crippen molar-refractivity contribution in [1.82, 2.24) is 10.2 Å². The highest BCUT2D eigenvalue weighted by molar-refractivity contribution is 9.10. The van der Waals surface area contributed by atoms with Gasteiger partial charge in [0, 0.05) is 34.6 Å². The fourth-order valence-corrected chi connectivity index (χ4v) is 3.64. The van der Waals surface area contributed by atoms with Crippen molar-refractivity contribution in [3.8, 4) is 5.75 Å². The molecule has 3 rings (SSSR count). The van der Waals surface area contributed by atoms with Crippen molar-refractivity contribution in [2.45, 2.75) is 44.3 Å². The molecular weight excluding hydrogens is 316 g/mol. The molecule has 0 radical (unpaired) electrons. The van der Waals surface area contributed by atoms with Crippen molar-refractivity contribution >= 4 is 15.9 Å². The molecule has 1 aromatic carbocycles. The zero-order valence-electron chi connectivity index (χ0n) is 12.2. The van der Waals surface area contributed by atoms with Gasteiger partial charge in [0.05, 0.1) is 6.61 Å². The lowest BCUT2D eigenvalue weighted by molar-refractivity contribution is 0.153. The number of halogens is 1. The number of hydrogen-bond acceptors (Lipinski definition) is 3. The highest BCUT2D eigenvalue weighted by Gasteiger charge is 2.28. The summed E-state index contributed by atoms with van der Waals surface area (Å²) in [6.45, 7) is 4.32. The fraction of sp³-hybridized carbons (Fsp3) is 0.625. The molecule has 20 heavy (non-hydrogen) atoms. The minimum atomic E-state index is 0.428. The van der Waals surface area contributed by atoms with Gasteiger partial charge < -0.3 is 15.0 Å². The zero-order chi connectivity index (χ0) is 14.1. The maximum Gasteiger partial charge on any atom is 0.124 e. The predicted octanol–water partition coefficient (Wildman–Crippen LogP) is 3.35. The number of rotatable bonds is 2. The van der Waals surface area contributed by atoms with E-state index in [2.05, 4.69) is 58.3 Å². The van der Waals surface area contributed by atoms with Crippen LogP contribution >= 0.6 is 15.9 Å². The zero-order valence-corrected chi connectivity index (χ0v) is 13.8. The van der Waals surface area contributed by atoms with Crippen LogP contribution < -0.4 is 10.1 Å². The minimum absolute atomic E-state index is 0.428. The molecule has 1 N–H and O–H groups in total. The molecule has 0 aromatic heterocycles. The molecular formula is C16H23BrN2O. The maximum atomic E-state index is 5.77. The molecule has 0 bridgehead atoms. The van der Waals surface area contributed by atoms with Crippen LogP contribution in [0, 0.1) is 0 Å². The van der Waals surface area contributed by atoms with Crippen LogP contribution in [0.1, 0.15) is 37.8 Å². The first-order chi connectivity index (χ1) is 9.63. The van der Waals surface area contributed by atoms with E-state index < -0.39 is 0 Å². The van der Waals surface area contributed by atoms with E-state index >= 15 is 0 Å². The molecule has 3 nitrogen and oxygen atoms in total. The normalized spacial score (nSPS) is 30.6. The Bertz CT molecular complexity index is 480. The summed E-state index contributed by atoms with van der Waals surface area (Å²) in [5.74, 6) is 1.04. The number of benzene rings is 1. The van der Waals surface area contributed by atoms with Crippen LogP contribution in [-0.2, 0) is 0 Å². The fourth-order valence-electron chi connectivity index (χ4n) is 3.26. The van der Waals surface area contributed by atoms with Gasteiger partial charge in [0.25, 0.3) is 0 Å². The van der Waals surface area contributed by atoms with E-state index in [4.69, 9.17) is 4.74 Å². The molecule has 1 aromatic rings. The molecule has 3 atom stereocenters. The van der Waals surface area contributed by atoms with Gasteiger partial charge in [-0.1, -0.05) is 15.9 Å². The van der Waals surface area contributed by atoms with Gasteiger partial charge in [-0.15, -0.1) is 0 Å². The Balaban J connectivity index is 1.71. The van der Waals surface area contributed by atoms with Gasteiger partial charge in [0.15, 0.2) is 0 Å². The van der Waals surface area contributed by atoms with E-state index in [1.165, 1.54) is 24.9 Å². The summed E-state index contributed by atoms with van der Waals surface area (Å²) >= 11 is 3.57. The van der Waals surface area contributed by atoms with Crippen molar-refractivity contribution in [3.05, 3.63) is 28.2 Å². The standard InChI is InChI=1S/C16H23BrN2O/c1-11-9-13(5-7-19(11)2)18-15-6-8-20-16-4-3-12(17)10-14(15)16/h3-4,10-11,13,15,18H,5-9H2,1-2H3. The molecule has 4 heteroatoms. The molecule has 1 saturated heterocycles. The summed E-state index contributed by atoms with van der Waals surface area (Å²) in [6.07, 6.45) is 3.53. The van der Waals surface area contributed by atoms with Crippen LogP contribution in [0.25, 0.3) is 0 Å². The van der Waals surface area contributed by atoms with E-state index in [0.29, 0.717) is 18.1 Å². The van der Waals surface area contributed by atoms with Gasteiger partial charge in [-0.3, -0.25) is 0 Å². The Labute approximate surface area is 129 Å². The third kappa shape index (κ3) is 3.02. The van der Waals surface area contributed by atoms with E-state index in [1.807, 2.05) is 0 Å². The molecule has 2 aliphatic heterocycles. The number of fused-ring (bicyclic) bond motifs is 1. The number of hydrogen-bond donors (Lipinski definition) is 1. The third-order valence-electron chi connectivity index (χ3n) is 4.66. The Morgan fingerprint density at radius 3 is 3.00 bits per heavy atom. The predicted molar refractivity (Wildman–Crippen MR) is 85.2 cm³/mol. The summed E-state index contributed by atoms with van der Waals surface area (Å²) in [7, 11) is 2.22. The molecule has 3 unspecified atom stereocenters. The van der Waals surface area contributed by atoms with Crippen molar-refractivity contribution in [3.63, 3.8) is 0 Å². The van der Waals surface area contributed by atoms with Crippen LogP contribution in [0.2, 0.25) is 0 Å². The lowest BCUT2D eigenvalue weighted by Crippen LogP contribution is -2.47. The van der Waals surface area contributed by atoms with Crippen LogP contribution in [0.15, 0.2) is 22.7 Å². The van der Waals surface area contributed by atoms with Crippen LogP contribution in [0.5, 0.6) is 5.75 Å². The summed E-state index contributed by atoms with van der Waals surface area (Å²) in [5.41, 5.74) is 1.30. The average Bonchev–Trinajstić information content (AvgIpc) is 2.44. The Morgan fingerprint density at radius 2 is 2.20 bits per heavy atom. The second-order valence-electron chi connectivity index (χ2n) is 6.09. The molecule has 0 spiro atoms. The second-order valence-corrected chi connectivity index (χ2v) is 7.01. The van der Waals surface area contributed by atoms with Crippen molar-refractivity contribution in [1.29, 1.82) is 0 Å². The topological polar surface area (TPSA) is 24.5 Å². The molecule has 2 aliphatic rings. The molecule has 0 aliphatic carbocycles. The summed E-state index contributed by atoms with van der Waals surface area (Å²) in [4.78, 5) is 2.45. The van der Waals surface area contributed by atoms with Gasteiger partial charge in [0.2, 0.25) is 0 Å². The molecule has 1 fully saturated rings. The lowest BCUT2D eigenvalue weighted by atomic mass is 9.94. The highest BCUT2D eigenvalue weighted by Crippen LogP contribution is 2.35. The van der Waals surface area contributed by atoms with Gasteiger partial charge in [-0.2, -0.15) is 0 Å². The van der Waals surface area contributed by atoms with Gasteiger partial charge >= 0.3 is 0 Å². The molecule has 0 saturated carbocycles. The van der Waals surface area contributed by atoms with E-state index in [9.17, 15) is 0 Å². The monoisotopic (exact) mass is 338 g/mol. The smallest absolute Gasteiger partial charge is 0.124 e. The van der Waals surface area contributed by atoms with Gasteiger partial charge in [0.1, 0.15) is 5.75 Å². The molecule has 110 valence electrons. The number of ether oxygens (including phenoxy) is 1. The maximum absolute atomic E-state index is 5.77. The van der Waals surface area contributed by atoms with E-state index in [0.717, 1.165) is 23.2 Å². The van der Waals surface area contributed by atoms with E-state index in [-0.39, 0.29) is 0 Å². The van der Waals surface area contributed by atoms with Crippen LogP contribution in [-0.4, -0.2) is 37.2 Å². The summed E-state index contributed by atoms with van der Waals surface area (Å²) < 4.78 is 6.90. The number of piperidine rings is 1. The Morgan fingerprint density at radius 1 is 1.35 bits per heavy atom. The first-order valence-corrected chi connectivity index (χ1v) is 8.31. The van der Waals surface area contributed by atoms with Crippen LogP contribution in [0.4, 0.5) is 0 Å². The Hall–Kier alpha value is -0.580. The van der Waals surface area contributed by atoms with Crippen LogP contribution in [0.3, 0.4) is 0 Å². The number of likely N-dealkylation sites (tertiary alicyclic amines) is 1. The second kappa shape index (κ2) is 6.04. The first kappa shape index (κ1) is 14.4. The highest BCUT2D eigenvalue weighted by atomic mass is 79.9. The number of nitrogens with one attached hydrogen (secondary N) is 1. The summed E-state index contributed by atoms with van der Waals surface area (Å²) in [6, 6.07) is 8.05. The average molecular weight is 339 g/mol. The number of nitrogens with zero attached hydrogens (tertiary/aromatic N) is 1. The molecule has 0 amide bonds. The van der Waals surface area contributed by atoms with Crippen molar-refractivity contribution in [2.24, 2.45) is 0 Å². The molecule has 2 heterocycles. The van der Waals surface area contributed by atoms with Crippen molar-refractivity contribution < 1.29 is 4.74 Å². The quantitative estimate of drug-likeness (QED) is 0.894. The minimum Gasteiger partial charge on any atom is -0.493 e. The first-order valence-electron chi connectivity index (χ1n) is 7.52. The van der Waals surface area contributed by atoms with E-state index in [1.54, 1.807) is 0 Å². The van der Waals surface area contributed by atoms with Gasteiger partial charge in [-0.05, 0) is 51.6 Å². The lowest BCUT2D eigenvalue weighted by Gasteiger charge is -2.38. The summed E-state index contributed by atoms with van der Waals surface area (Å²) in [5, 5.41) is 3.86. The van der Waals surface area contributed by atoms with Gasteiger partial charge in [-0.25, -0.2) is 0 Å². The third-order valence-corrected chi connectivity index (χ3v) is 5.15. The Kier molecular flexibility index (Phi) is 4.34. The van der Waals surface area contributed by atoms with Crippen molar-refractivity contribution in [2.75, 3.05) is 20.2 Å².